The van der Waals surface area contributed by atoms with Crippen LogP contribution in [0.2, 0.25) is 0 Å². The lowest BCUT2D eigenvalue weighted by atomic mass is 10.0. The molecule has 0 spiro atoms. The number of pyridine rings is 1. The highest BCUT2D eigenvalue weighted by atomic mass is 15.3. The molecule has 1 fully saturated rings. The van der Waals surface area contributed by atoms with E-state index in [2.05, 4.69) is 46.1 Å². The number of aryl methyl sites for hydroxylation is 1. The normalized spacial score (nSPS) is 17.8. The van der Waals surface area contributed by atoms with Crippen LogP contribution in [0.15, 0.2) is 18.5 Å². The average molecular weight is 323 g/mol. The number of aromatic nitrogens is 3. The van der Waals surface area contributed by atoms with Crippen LogP contribution < -0.4 is 9.80 Å². The molecular formula is C19H25N5. The van der Waals surface area contributed by atoms with E-state index >= 15 is 0 Å². The number of anilines is 2. The molecule has 5 nitrogen and oxygen atoms in total. The lowest BCUT2D eigenvalue weighted by molar-refractivity contribution is 0.576. The maximum Gasteiger partial charge on any atom is 0.154 e. The van der Waals surface area contributed by atoms with Gasteiger partial charge in [0.15, 0.2) is 5.82 Å². The number of nitrogens with zero attached hydrogens (tertiary/aromatic N) is 5. The van der Waals surface area contributed by atoms with Crippen LogP contribution in [0.25, 0.3) is 0 Å². The van der Waals surface area contributed by atoms with Crippen LogP contribution in [-0.4, -0.2) is 34.8 Å². The van der Waals surface area contributed by atoms with Crippen molar-refractivity contribution >= 4 is 11.5 Å². The Morgan fingerprint density at radius 1 is 0.958 bits per heavy atom. The summed E-state index contributed by atoms with van der Waals surface area (Å²) in [5, 5.41) is 8.54. The second-order valence-electron chi connectivity index (χ2n) is 6.99. The predicted molar refractivity (Wildman–Crippen MR) is 96.6 cm³/mol. The van der Waals surface area contributed by atoms with E-state index in [1.165, 1.54) is 47.3 Å². The first-order valence-electron chi connectivity index (χ1n) is 8.99. The monoisotopic (exact) mass is 323 g/mol. The quantitative estimate of drug-likeness (QED) is 0.850. The topological polar surface area (TPSA) is 45.2 Å². The highest BCUT2D eigenvalue weighted by molar-refractivity contribution is 5.53. The van der Waals surface area contributed by atoms with Gasteiger partial charge in [0.2, 0.25) is 0 Å². The van der Waals surface area contributed by atoms with Crippen LogP contribution in [0, 0.1) is 13.8 Å². The third-order valence-electron chi connectivity index (χ3n) is 5.38. The van der Waals surface area contributed by atoms with E-state index in [1.807, 2.05) is 6.20 Å². The van der Waals surface area contributed by atoms with Gasteiger partial charge in [0.1, 0.15) is 0 Å². The fourth-order valence-electron chi connectivity index (χ4n) is 3.74. The molecule has 2 aromatic heterocycles. The number of rotatable bonds is 2. The van der Waals surface area contributed by atoms with Crippen molar-refractivity contribution in [3.63, 3.8) is 0 Å². The summed E-state index contributed by atoms with van der Waals surface area (Å²) >= 11 is 0. The Morgan fingerprint density at radius 3 is 2.62 bits per heavy atom. The SMILES string of the molecule is Cc1cnnc(N2CCc3ncc(N4CCCCC4)cc3C2)c1C. The van der Waals surface area contributed by atoms with Crippen LogP contribution >= 0.6 is 0 Å². The molecule has 0 aliphatic carbocycles. The zero-order valence-electron chi connectivity index (χ0n) is 14.6. The zero-order chi connectivity index (χ0) is 16.5. The second kappa shape index (κ2) is 6.38. The summed E-state index contributed by atoms with van der Waals surface area (Å²) in [4.78, 5) is 9.58. The first kappa shape index (κ1) is 15.4. The maximum absolute atomic E-state index is 4.76. The van der Waals surface area contributed by atoms with Gasteiger partial charge in [0.25, 0.3) is 0 Å². The highest BCUT2D eigenvalue weighted by Crippen LogP contribution is 2.28. The fourth-order valence-corrected chi connectivity index (χ4v) is 3.74. The van der Waals surface area contributed by atoms with Gasteiger partial charge < -0.3 is 9.80 Å². The Kier molecular flexibility index (Phi) is 4.08. The molecule has 0 bridgehead atoms. The molecule has 0 radical (unpaired) electrons. The van der Waals surface area contributed by atoms with E-state index in [1.54, 1.807) is 0 Å². The molecule has 0 amide bonds. The lowest BCUT2D eigenvalue weighted by Crippen LogP contribution is -2.34. The number of piperidine rings is 1. The molecular weight excluding hydrogens is 298 g/mol. The van der Waals surface area contributed by atoms with Gasteiger partial charge in [-0.25, -0.2) is 0 Å². The molecule has 5 heteroatoms. The summed E-state index contributed by atoms with van der Waals surface area (Å²) in [5.41, 5.74) is 6.29. The molecule has 2 aliphatic heterocycles. The zero-order valence-corrected chi connectivity index (χ0v) is 14.6. The predicted octanol–water partition coefficient (Wildman–Crippen LogP) is 3.04. The average Bonchev–Trinajstić information content (AvgIpc) is 2.64. The van der Waals surface area contributed by atoms with Gasteiger partial charge in [0.05, 0.1) is 18.1 Å². The summed E-state index contributed by atoms with van der Waals surface area (Å²) in [6.07, 6.45) is 8.82. The third kappa shape index (κ3) is 2.83. The highest BCUT2D eigenvalue weighted by Gasteiger charge is 2.22. The van der Waals surface area contributed by atoms with Crippen molar-refractivity contribution in [2.24, 2.45) is 0 Å². The molecule has 0 aromatic carbocycles. The Hall–Kier alpha value is -2.17. The van der Waals surface area contributed by atoms with Gasteiger partial charge in [-0.05, 0) is 55.9 Å². The molecule has 1 saturated heterocycles. The molecule has 0 unspecified atom stereocenters. The number of fused-ring (bicyclic) bond motifs is 1. The van der Waals surface area contributed by atoms with Crippen molar-refractivity contribution in [1.82, 2.24) is 15.2 Å². The summed E-state index contributed by atoms with van der Waals surface area (Å²) in [6.45, 7) is 8.39. The molecule has 24 heavy (non-hydrogen) atoms. The minimum Gasteiger partial charge on any atom is -0.370 e. The second-order valence-corrected chi connectivity index (χ2v) is 6.99. The van der Waals surface area contributed by atoms with Gasteiger partial charge >= 0.3 is 0 Å². The number of hydrogen-bond donors (Lipinski definition) is 0. The van der Waals surface area contributed by atoms with Crippen LogP contribution in [0.3, 0.4) is 0 Å². The van der Waals surface area contributed by atoms with Crippen LogP contribution in [0.5, 0.6) is 0 Å². The van der Waals surface area contributed by atoms with Gasteiger partial charge in [0, 0.05) is 38.3 Å². The third-order valence-corrected chi connectivity index (χ3v) is 5.38. The minimum absolute atomic E-state index is 0.878. The Balaban J connectivity index is 1.60. The van der Waals surface area contributed by atoms with E-state index in [0.717, 1.165) is 38.4 Å². The summed E-state index contributed by atoms with van der Waals surface area (Å²) in [6, 6.07) is 2.35. The molecule has 0 atom stereocenters. The Labute approximate surface area is 143 Å². The van der Waals surface area contributed by atoms with Crippen molar-refractivity contribution in [2.75, 3.05) is 29.4 Å². The largest absolute Gasteiger partial charge is 0.370 e. The van der Waals surface area contributed by atoms with E-state index in [9.17, 15) is 0 Å². The molecule has 4 heterocycles. The Morgan fingerprint density at radius 2 is 1.79 bits per heavy atom. The lowest BCUT2D eigenvalue weighted by Gasteiger charge is -2.32. The van der Waals surface area contributed by atoms with Crippen molar-refractivity contribution in [2.45, 2.75) is 46.1 Å². The van der Waals surface area contributed by atoms with E-state index in [4.69, 9.17) is 4.98 Å². The smallest absolute Gasteiger partial charge is 0.154 e. The minimum atomic E-state index is 0.878. The first-order valence-corrected chi connectivity index (χ1v) is 8.99. The van der Waals surface area contributed by atoms with Gasteiger partial charge in [-0.15, -0.1) is 5.10 Å². The van der Waals surface area contributed by atoms with Gasteiger partial charge in [-0.3, -0.25) is 4.98 Å². The Bertz CT molecular complexity index is 737. The van der Waals surface area contributed by atoms with Gasteiger partial charge in [-0.2, -0.15) is 5.10 Å². The maximum atomic E-state index is 4.76. The summed E-state index contributed by atoms with van der Waals surface area (Å²) in [5.74, 6) is 1.02. The van der Waals surface area contributed by atoms with Crippen LogP contribution in [0.4, 0.5) is 11.5 Å². The molecule has 0 N–H and O–H groups in total. The molecule has 0 saturated carbocycles. The fraction of sp³-hybridized carbons (Fsp3) is 0.526. The summed E-state index contributed by atoms with van der Waals surface area (Å²) in [7, 11) is 0. The first-order chi connectivity index (χ1) is 11.7. The van der Waals surface area contributed by atoms with Crippen molar-refractivity contribution < 1.29 is 0 Å². The molecule has 2 aromatic rings. The van der Waals surface area contributed by atoms with E-state index < -0.39 is 0 Å². The van der Waals surface area contributed by atoms with Crippen LogP contribution in [0.1, 0.15) is 41.6 Å². The van der Waals surface area contributed by atoms with Crippen molar-refractivity contribution in [1.29, 1.82) is 0 Å². The van der Waals surface area contributed by atoms with Crippen LogP contribution in [-0.2, 0) is 13.0 Å². The number of hydrogen-bond acceptors (Lipinski definition) is 5. The van der Waals surface area contributed by atoms with Crippen molar-refractivity contribution in [3.8, 4) is 0 Å². The molecule has 2 aliphatic rings. The van der Waals surface area contributed by atoms with Crippen molar-refractivity contribution in [3.05, 3.63) is 40.8 Å². The van der Waals surface area contributed by atoms with Gasteiger partial charge in [-0.1, -0.05) is 0 Å². The van der Waals surface area contributed by atoms with E-state index in [-0.39, 0.29) is 0 Å². The summed E-state index contributed by atoms with van der Waals surface area (Å²) < 4.78 is 0. The molecule has 4 rings (SSSR count). The molecule has 126 valence electrons. The standard InChI is InChI=1S/C19H25N5/c1-14-11-21-22-19(15(14)2)24-9-6-18-16(13-24)10-17(12-20-18)23-7-4-3-5-8-23/h10-12H,3-9,13H2,1-2H3. The van der Waals surface area contributed by atoms with E-state index in [0.29, 0.717) is 0 Å².